The number of aromatic hydroxyl groups is 1. The summed E-state index contributed by atoms with van der Waals surface area (Å²) >= 11 is 0. The molecular formula is C22H21NO3. The van der Waals surface area contributed by atoms with Gasteiger partial charge in [-0.2, -0.15) is 0 Å². The Morgan fingerprint density at radius 1 is 1.12 bits per heavy atom. The van der Waals surface area contributed by atoms with Gasteiger partial charge < -0.3 is 14.4 Å². The Kier molecular flexibility index (Phi) is 5.23. The Bertz CT molecular complexity index is 936. The predicted octanol–water partition coefficient (Wildman–Crippen LogP) is 4.46. The molecule has 1 N–H and O–H groups in total. The van der Waals surface area contributed by atoms with Gasteiger partial charge in [0.15, 0.2) is 11.5 Å². The van der Waals surface area contributed by atoms with Crippen molar-refractivity contribution in [1.82, 2.24) is 4.57 Å². The number of rotatable bonds is 6. The topological polar surface area (TPSA) is 51.5 Å². The lowest BCUT2D eigenvalue weighted by Gasteiger charge is -2.08. The van der Waals surface area contributed by atoms with Crippen molar-refractivity contribution in [3.63, 3.8) is 0 Å². The van der Waals surface area contributed by atoms with Gasteiger partial charge in [0.05, 0.1) is 12.8 Å². The summed E-state index contributed by atoms with van der Waals surface area (Å²) in [5.74, 6) is 0.538. The van der Waals surface area contributed by atoms with Crippen molar-refractivity contribution in [2.45, 2.75) is 13.5 Å². The molecule has 1 aromatic heterocycles. The molecule has 0 amide bonds. The van der Waals surface area contributed by atoms with Crippen molar-refractivity contribution >= 4 is 11.9 Å². The molecule has 0 saturated carbocycles. The van der Waals surface area contributed by atoms with E-state index < -0.39 is 0 Å². The third kappa shape index (κ3) is 3.70. The fourth-order valence-electron chi connectivity index (χ4n) is 2.82. The van der Waals surface area contributed by atoms with Gasteiger partial charge in [-0.1, -0.05) is 54.1 Å². The number of ether oxygens (including phenoxy) is 1. The Morgan fingerprint density at radius 2 is 1.88 bits per heavy atom. The minimum atomic E-state index is -0.00154. The average molecular weight is 347 g/mol. The lowest BCUT2D eigenvalue weighted by Crippen LogP contribution is -2.09. The monoisotopic (exact) mass is 347 g/mol. The molecule has 0 fully saturated rings. The van der Waals surface area contributed by atoms with Gasteiger partial charge in [-0.05, 0) is 25.1 Å². The van der Waals surface area contributed by atoms with Gasteiger partial charge in [-0.25, -0.2) is 0 Å². The number of nitrogens with zero attached hydrogens (tertiary/aromatic N) is 1. The van der Waals surface area contributed by atoms with Crippen LogP contribution in [-0.2, 0) is 6.54 Å². The predicted molar refractivity (Wildman–Crippen MR) is 103 cm³/mol. The van der Waals surface area contributed by atoms with Crippen molar-refractivity contribution in [1.29, 1.82) is 0 Å². The molecule has 0 spiro atoms. The van der Waals surface area contributed by atoms with Crippen molar-refractivity contribution in [3.8, 4) is 11.5 Å². The number of benzene rings is 2. The molecule has 132 valence electrons. The molecular weight excluding hydrogens is 326 g/mol. The molecule has 26 heavy (non-hydrogen) atoms. The highest BCUT2D eigenvalue weighted by Crippen LogP contribution is 2.30. The second kappa shape index (κ2) is 7.74. The molecule has 3 aromatic rings. The van der Waals surface area contributed by atoms with Gasteiger partial charge in [0.2, 0.25) is 5.78 Å². The third-order valence-electron chi connectivity index (χ3n) is 4.20. The van der Waals surface area contributed by atoms with Gasteiger partial charge in [0.1, 0.15) is 0 Å². The summed E-state index contributed by atoms with van der Waals surface area (Å²) in [7, 11) is 1.52. The molecule has 3 rings (SSSR count). The van der Waals surface area contributed by atoms with Gasteiger partial charge in [0.25, 0.3) is 0 Å². The zero-order valence-corrected chi connectivity index (χ0v) is 14.8. The van der Waals surface area contributed by atoms with Crippen LogP contribution < -0.4 is 4.74 Å². The molecule has 0 aliphatic rings. The first-order valence-electron chi connectivity index (χ1n) is 8.39. The molecule has 2 aromatic carbocycles. The van der Waals surface area contributed by atoms with Gasteiger partial charge in [0, 0.05) is 23.9 Å². The summed E-state index contributed by atoms with van der Waals surface area (Å²) < 4.78 is 7.13. The van der Waals surface area contributed by atoms with E-state index in [1.807, 2.05) is 72.3 Å². The number of phenolic OH excluding ortho intramolecular Hbond substituents is 1. The summed E-state index contributed by atoms with van der Waals surface area (Å²) in [5, 5.41) is 9.83. The highest BCUT2D eigenvalue weighted by molar-refractivity contribution is 6.08. The minimum Gasteiger partial charge on any atom is -0.504 e. The van der Waals surface area contributed by atoms with E-state index in [1.54, 1.807) is 12.1 Å². The number of phenols is 1. The van der Waals surface area contributed by atoms with E-state index in [9.17, 15) is 9.90 Å². The first-order valence-corrected chi connectivity index (χ1v) is 8.39. The average Bonchev–Trinajstić information content (AvgIpc) is 3.10. The normalized spacial score (nSPS) is 11.0. The highest BCUT2D eigenvalue weighted by Gasteiger charge is 2.12. The highest BCUT2D eigenvalue weighted by atomic mass is 16.5. The van der Waals surface area contributed by atoms with Crippen LogP contribution in [0.2, 0.25) is 0 Å². The van der Waals surface area contributed by atoms with Gasteiger partial charge in [-0.3, -0.25) is 4.79 Å². The standard InChI is InChI=1S/C22H21NO3/c1-16-10-12-17(13-11-16)21(25)19-8-5-15-23(19)14-4-7-18-6-3-9-20(24)22(18)26-2/h3-13,15,24H,14H2,1-2H3/b7-4+. The molecule has 0 aliphatic heterocycles. The molecule has 1 heterocycles. The van der Waals surface area contributed by atoms with Crippen molar-refractivity contribution in [2.24, 2.45) is 0 Å². The van der Waals surface area contributed by atoms with E-state index in [0.29, 0.717) is 23.6 Å². The maximum Gasteiger partial charge on any atom is 0.209 e. The van der Waals surface area contributed by atoms with Crippen LogP contribution >= 0.6 is 0 Å². The number of aromatic nitrogens is 1. The third-order valence-corrected chi connectivity index (χ3v) is 4.20. The van der Waals surface area contributed by atoms with E-state index in [4.69, 9.17) is 4.74 Å². The van der Waals surface area contributed by atoms with Crippen LogP contribution in [0.25, 0.3) is 6.08 Å². The first kappa shape index (κ1) is 17.5. The van der Waals surface area contributed by atoms with E-state index >= 15 is 0 Å². The van der Waals surface area contributed by atoms with Crippen LogP contribution in [0, 0.1) is 6.92 Å². The minimum absolute atomic E-state index is 0.00154. The summed E-state index contributed by atoms with van der Waals surface area (Å²) in [4.78, 5) is 12.7. The summed E-state index contributed by atoms with van der Waals surface area (Å²) in [6.45, 7) is 2.54. The second-order valence-electron chi connectivity index (χ2n) is 6.04. The van der Waals surface area contributed by atoms with Gasteiger partial charge in [-0.15, -0.1) is 0 Å². The number of hydrogen-bond acceptors (Lipinski definition) is 3. The van der Waals surface area contributed by atoms with Crippen LogP contribution in [0.1, 0.15) is 27.2 Å². The largest absolute Gasteiger partial charge is 0.504 e. The number of carbonyl (C=O) groups is 1. The molecule has 0 saturated heterocycles. The maximum atomic E-state index is 12.7. The zero-order valence-electron chi connectivity index (χ0n) is 14.8. The number of aryl methyl sites for hydroxylation is 1. The zero-order chi connectivity index (χ0) is 18.5. The number of carbonyl (C=O) groups excluding carboxylic acids is 1. The van der Waals surface area contributed by atoms with Crippen LogP contribution in [0.4, 0.5) is 0 Å². The number of ketones is 1. The fraction of sp³-hybridized carbons (Fsp3) is 0.136. The molecule has 0 radical (unpaired) electrons. The number of hydrogen-bond donors (Lipinski definition) is 1. The molecule has 0 unspecified atom stereocenters. The Labute approximate surface area is 153 Å². The molecule has 4 nitrogen and oxygen atoms in total. The fourth-order valence-corrected chi connectivity index (χ4v) is 2.82. The lowest BCUT2D eigenvalue weighted by atomic mass is 10.1. The van der Waals surface area contributed by atoms with Crippen LogP contribution in [0.5, 0.6) is 11.5 Å². The number of allylic oxidation sites excluding steroid dienone is 1. The SMILES string of the molecule is COc1c(O)cccc1/C=C/Cn1cccc1C(=O)c1ccc(C)cc1. The maximum absolute atomic E-state index is 12.7. The van der Waals surface area contributed by atoms with Crippen LogP contribution in [0.15, 0.2) is 66.9 Å². The Morgan fingerprint density at radius 3 is 2.62 bits per heavy atom. The summed E-state index contributed by atoms with van der Waals surface area (Å²) in [6.07, 6.45) is 5.69. The van der Waals surface area contributed by atoms with E-state index in [0.717, 1.165) is 11.1 Å². The smallest absolute Gasteiger partial charge is 0.209 e. The quantitative estimate of drug-likeness (QED) is 0.670. The molecule has 0 atom stereocenters. The van der Waals surface area contributed by atoms with Crippen molar-refractivity contribution in [2.75, 3.05) is 7.11 Å². The molecule has 4 heteroatoms. The van der Waals surface area contributed by atoms with Crippen LogP contribution in [0.3, 0.4) is 0 Å². The van der Waals surface area contributed by atoms with E-state index in [-0.39, 0.29) is 11.5 Å². The number of para-hydroxylation sites is 1. The molecule has 0 bridgehead atoms. The Balaban J connectivity index is 1.78. The second-order valence-corrected chi connectivity index (χ2v) is 6.04. The van der Waals surface area contributed by atoms with Crippen molar-refractivity contribution < 1.29 is 14.6 Å². The van der Waals surface area contributed by atoms with Crippen LogP contribution in [-0.4, -0.2) is 22.6 Å². The van der Waals surface area contributed by atoms with Gasteiger partial charge >= 0.3 is 0 Å². The van der Waals surface area contributed by atoms with E-state index in [2.05, 4.69) is 0 Å². The first-order chi connectivity index (χ1) is 12.6. The van der Waals surface area contributed by atoms with Crippen molar-refractivity contribution in [3.05, 3.63) is 89.3 Å². The summed E-state index contributed by atoms with van der Waals surface area (Å²) in [6, 6.07) is 16.5. The number of methoxy groups -OCH3 is 1. The summed E-state index contributed by atoms with van der Waals surface area (Å²) in [5.41, 5.74) is 3.22. The Hall–Kier alpha value is -3.27. The molecule has 0 aliphatic carbocycles. The lowest BCUT2D eigenvalue weighted by molar-refractivity contribution is 0.103. The van der Waals surface area contributed by atoms with E-state index in [1.165, 1.54) is 7.11 Å².